The van der Waals surface area contributed by atoms with Crippen molar-refractivity contribution in [3.63, 3.8) is 0 Å². The lowest BCUT2D eigenvalue weighted by atomic mass is 10.0. The van der Waals surface area contributed by atoms with Gasteiger partial charge in [-0.1, -0.05) is 6.07 Å². The third-order valence-corrected chi connectivity index (χ3v) is 6.11. The van der Waals surface area contributed by atoms with E-state index in [0.717, 1.165) is 44.7 Å². The molecule has 120 valence electrons. The van der Waals surface area contributed by atoms with Gasteiger partial charge in [0.25, 0.3) is 0 Å². The van der Waals surface area contributed by atoms with Crippen molar-refractivity contribution in [3.8, 4) is 10.6 Å². The van der Waals surface area contributed by atoms with Crippen LogP contribution in [0.2, 0.25) is 0 Å². The fourth-order valence-corrected chi connectivity index (χ4v) is 4.49. The Bertz CT molecular complexity index is 750. The Morgan fingerprint density at radius 1 is 1.39 bits per heavy atom. The average Bonchev–Trinajstić information content (AvgIpc) is 2.98. The number of hydrogen-bond donors (Lipinski definition) is 0. The summed E-state index contributed by atoms with van der Waals surface area (Å²) in [7, 11) is 0. The van der Waals surface area contributed by atoms with Crippen molar-refractivity contribution in [2.45, 2.75) is 38.0 Å². The van der Waals surface area contributed by atoms with Crippen molar-refractivity contribution in [1.82, 2.24) is 14.5 Å². The summed E-state index contributed by atoms with van der Waals surface area (Å²) in [5, 5.41) is 2.09. The molecule has 1 amide bonds. The number of likely N-dealkylation sites (tertiary alicyclic amines) is 1. The summed E-state index contributed by atoms with van der Waals surface area (Å²) in [4.78, 5) is 20.1. The second-order valence-electron chi connectivity index (χ2n) is 6.88. The second kappa shape index (κ2) is 4.92. The summed E-state index contributed by atoms with van der Waals surface area (Å²) >= 11 is 1.74. The molecule has 4 heterocycles. The lowest BCUT2D eigenvalue weighted by Crippen LogP contribution is -2.45. The second-order valence-corrected chi connectivity index (χ2v) is 7.83. The van der Waals surface area contributed by atoms with E-state index in [1.54, 1.807) is 11.3 Å². The molecule has 2 aromatic heterocycles. The van der Waals surface area contributed by atoms with Gasteiger partial charge in [0.1, 0.15) is 18.0 Å². The summed E-state index contributed by atoms with van der Waals surface area (Å²) in [5.41, 5.74) is 0.939. The van der Waals surface area contributed by atoms with Crippen LogP contribution in [-0.4, -0.2) is 39.0 Å². The fraction of sp³-hybridized carbons (Fsp3) is 0.529. The number of carbonyl (C=O) groups is 1. The third kappa shape index (κ3) is 2.23. The van der Waals surface area contributed by atoms with E-state index in [1.165, 1.54) is 10.6 Å². The van der Waals surface area contributed by atoms with Crippen LogP contribution in [0.3, 0.4) is 0 Å². The van der Waals surface area contributed by atoms with Gasteiger partial charge in [-0.2, -0.15) is 0 Å². The van der Waals surface area contributed by atoms with Gasteiger partial charge in [-0.25, -0.2) is 4.98 Å². The molecule has 1 saturated carbocycles. The molecule has 5 nitrogen and oxygen atoms in total. The zero-order valence-electron chi connectivity index (χ0n) is 12.9. The Hall–Kier alpha value is -1.66. The molecule has 1 spiro atoms. The first-order valence-corrected chi connectivity index (χ1v) is 9.13. The summed E-state index contributed by atoms with van der Waals surface area (Å²) in [6.45, 7) is 2.89. The Balaban J connectivity index is 1.42. The minimum atomic E-state index is -0.232. The number of amides is 1. The third-order valence-electron chi connectivity index (χ3n) is 5.22. The summed E-state index contributed by atoms with van der Waals surface area (Å²) in [5.74, 6) is 1.62. The van der Waals surface area contributed by atoms with E-state index in [-0.39, 0.29) is 5.60 Å². The van der Waals surface area contributed by atoms with Crippen LogP contribution >= 0.6 is 11.3 Å². The summed E-state index contributed by atoms with van der Waals surface area (Å²) in [6, 6.07) is 4.20. The molecule has 3 aliphatic rings. The highest BCUT2D eigenvalue weighted by molar-refractivity contribution is 7.13. The fourth-order valence-electron chi connectivity index (χ4n) is 3.75. The molecule has 5 rings (SSSR count). The largest absolute Gasteiger partial charge is 0.363 e. The van der Waals surface area contributed by atoms with Crippen LogP contribution in [0.5, 0.6) is 0 Å². The number of thiophene rings is 1. The first-order valence-electron chi connectivity index (χ1n) is 8.25. The molecule has 0 unspecified atom stereocenters. The maximum atomic E-state index is 12.3. The van der Waals surface area contributed by atoms with E-state index in [1.807, 2.05) is 11.1 Å². The van der Waals surface area contributed by atoms with Crippen LogP contribution in [0.25, 0.3) is 10.6 Å². The molecular weight excluding hydrogens is 310 g/mol. The van der Waals surface area contributed by atoms with Gasteiger partial charge in [0, 0.05) is 12.5 Å². The van der Waals surface area contributed by atoms with Gasteiger partial charge in [-0.3, -0.25) is 4.79 Å². The van der Waals surface area contributed by atoms with Gasteiger partial charge in [0.05, 0.1) is 29.9 Å². The van der Waals surface area contributed by atoms with Gasteiger partial charge in [0.15, 0.2) is 0 Å². The highest BCUT2D eigenvalue weighted by atomic mass is 32.1. The molecule has 0 bridgehead atoms. The summed E-state index contributed by atoms with van der Waals surface area (Å²) in [6.07, 6.45) is 5.01. The average molecular weight is 329 g/mol. The Morgan fingerprint density at radius 3 is 3.09 bits per heavy atom. The van der Waals surface area contributed by atoms with E-state index >= 15 is 0 Å². The highest BCUT2D eigenvalue weighted by Gasteiger charge is 2.46. The standard InChI is InChI=1S/C17H19N3O2S/c21-16(12-3-4-12)19-6-5-17(10-19)11-20-13(14-2-1-7-23-14)8-18-15(20)9-22-17/h1-2,7-8,12H,3-6,9-11H2/t17-/m0/s1. The van der Waals surface area contributed by atoms with Crippen LogP contribution in [0.4, 0.5) is 0 Å². The van der Waals surface area contributed by atoms with E-state index < -0.39 is 0 Å². The van der Waals surface area contributed by atoms with Crippen LogP contribution in [0, 0.1) is 5.92 Å². The number of nitrogens with zero attached hydrogens (tertiary/aromatic N) is 3. The van der Waals surface area contributed by atoms with Crippen molar-refractivity contribution in [3.05, 3.63) is 29.5 Å². The quantitative estimate of drug-likeness (QED) is 0.850. The molecule has 2 aliphatic heterocycles. The molecular formula is C17H19N3O2S. The lowest BCUT2D eigenvalue weighted by Gasteiger charge is -2.35. The molecule has 0 N–H and O–H groups in total. The summed E-state index contributed by atoms with van der Waals surface area (Å²) < 4.78 is 8.48. The molecule has 23 heavy (non-hydrogen) atoms. The van der Waals surface area contributed by atoms with Crippen molar-refractivity contribution in [2.24, 2.45) is 5.92 Å². The van der Waals surface area contributed by atoms with Crippen LogP contribution < -0.4 is 0 Å². The van der Waals surface area contributed by atoms with Crippen LogP contribution in [0.1, 0.15) is 25.1 Å². The van der Waals surface area contributed by atoms with Crippen molar-refractivity contribution < 1.29 is 9.53 Å². The van der Waals surface area contributed by atoms with Crippen LogP contribution in [0.15, 0.2) is 23.7 Å². The number of carbonyl (C=O) groups excluding carboxylic acids is 1. The van der Waals surface area contributed by atoms with Gasteiger partial charge in [-0.05, 0) is 30.7 Å². The number of aromatic nitrogens is 2. The predicted octanol–water partition coefficient (Wildman–Crippen LogP) is 2.52. The van der Waals surface area contributed by atoms with Crippen molar-refractivity contribution in [2.75, 3.05) is 13.1 Å². The maximum Gasteiger partial charge on any atom is 0.225 e. The Morgan fingerprint density at radius 2 is 2.30 bits per heavy atom. The van der Waals surface area contributed by atoms with E-state index in [0.29, 0.717) is 18.4 Å². The van der Waals surface area contributed by atoms with Crippen molar-refractivity contribution >= 4 is 17.2 Å². The predicted molar refractivity (Wildman–Crippen MR) is 87.0 cm³/mol. The lowest BCUT2D eigenvalue weighted by molar-refractivity contribution is -0.134. The highest BCUT2D eigenvalue weighted by Crippen LogP contribution is 2.38. The maximum absolute atomic E-state index is 12.3. The SMILES string of the molecule is O=C(C1CC1)N1CC[C@]2(C1)Cn1c(-c3cccs3)cnc1CO2. The Kier molecular flexibility index (Phi) is 2.94. The first-order chi connectivity index (χ1) is 11.2. The molecule has 0 aromatic carbocycles. The minimum Gasteiger partial charge on any atom is -0.363 e. The zero-order chi connectivity index (χ0) is 15.4. The number of imidazole rings is 1. The topological polar surface area (TPSA) is 47.4 Å². The Labute approximate surface area is 138 Å². The normalized spacial score (nSPS) is 26.7. The van der Waals surface area contributed by atoms with Gasteiger partial charge in [-0.15, -0.1) is 11.3 Å². The molecule has 6 heteroatoms. The van der Waals surface area contributed by atoms with Crippen LogP contribution in [-0.2, 0) is 22.7 Å². The number of fused-ring (bicyclic) bond motifs is 1. The van der Waals surface area contributed by atoms with E-state index in [2.05, 4.69) is 27.1 Å². The number of hydrogen-bond acceptors (Lipinski definition) is 4. The minimum absolute atomic E-state index is 0.232. The van der Waals surface area contributed by atoms with E-state index in [9.17, 15) is 4.79 Å². The van der Waals surface area contributed by atoms with Gasteiger partial charge in [0.2, 0.25) is 5.91 Å². The molecule has 0 radical (unpaired) electrons. The number of rotatable bonds is 2. The molecule has 1 atom stereocenters. The zero-order valence-corrected chi connectivity index (χ0v) is 13.7. The molecule has 2 aromatic rings. The molecule has 1 saturated heterocycles. The van der Waals surface area contributed by atoms with Crippen molar-refractivity contribution in [1.29, 1.82) is 0 Å². The van der Waals surface area contributed by atoms with Gasteiger partial charge >= 0.3 is 0 Å². The molecule has 1 aliphatic carbocycles. The van der Waals surface area contributed by atoms with Gasteiger partial charge < -0.3 is 14.2 Å². The first kappa shape index (κ1) is 13.7. The smallest absolute Gasteiger partial charge is 0.225 e. The van der Waals surface area contributed by atoms with E-state index in [4.69, 9.17) is 4.74 Å². The molecule has 2 fully saturated rings. The monoisotopic (exact) mass is 329 g/mol. The number of ether oxygens (including phenoxy) is 1.